The third kappa shape index (κ3) is 20.5. The van der Waals surface area contributed by atoms with Crippen LogP contribution < -0.4 is 67.4 Å². The van der Waals surface area contributed by atoms with E-state index in [4.69, 9.17) is 72.2 Å². The number of benzene rings is 4. The number of ether oxygens (including phenoxy) is 3. The number of β-amino-alcohol motifs (C(OH)–C–C–N with tert-alkyl or cyclic N) is 2. The van der Waals surface area contributed by atoms with E-state index in [0.717, 1.165) is 71.5 Å². The minimum atomic E-state index is -1.09. The van der Waals surface area contributed by atoms with E-state index in [1.807, 2.05) is 43.3 Å². The first kappa shape index (κ1) is 93.8. The first-order chi connectivity index (χ1) is 63.5. The van der Waals surface area contributed by atoms with Gasteiger partial charge in [0.25, 0.3) is 53.5 Å². The number of H-pyrrole nitrogens is 5. The number of aromatic amines is 5. The smallest absolute Gasteiger partial charge is 0.287 e. The van der Waals surface area contributed by atoms with E-state index in [0.29, 0.717) is 97.6 Å². The second-order valence-corrected chi connectivity index (χ2v) is 39.7. The highest BCUT2D eigenvalue weighted by atomic mass is 79.9. The molecule has 9 atom stereocenters. The number of hydrogen-bond donors (Lipinski definition) is 17. The van der Waals surface area contributed by atoms with E-state index >= 15 is 0 Å². The lowest BCUT2D eigenvalue weighted by molar-refractivity contribution is -0.136. The first-order valence-electron chi connectivity index (χ1n) is 40.1. The molecule has 0 saturated carbocycles. The molecule has 11 aromatic heterocycles. The third-order valence-corrected chi connectivity index (χ3v) is 28.9. The molecule has 35 nitrogen and oxygen atoms in total. The number of carbonyl (C=O) groups is 11. The van der Waals surface area contributed by atoms with Gasteiger partial charge in [-0.1, -0.05) is 120 Å². The van der Waals surface area contributed by atoms with Gasteiger partial charge in [0.2, 0.25) is 23.6 Å². The molecule has 21 rings (SSSR count). The van der Waals surface area contributed by atoms with Crippen LogP contribution in [0.4, 0.5) is 22.7 Å². The SMILES string of the molecule is CC[C@H]1c2ccccc2NC(=O)[C@@H]1NC(=O)c1cc2sc(Cl)c(Cl)c2[nH]1.O.O=C(NC1Oc2ccccc2NC1=O)c1cc2cc(Cl)ccc2[nH]1.O=C(N[C@@H]1Cc2ccccc2[C@@H](C(=O)N2C[C@@H](O)[C@@H](O)C2)NC1=O)c1cc2sc(Cl)c(Cl)c2[nH]1.O=C(N[C@H]1COc2ccncc2NC1=O)c1cc2sc(Br)cc2[nH]1.O=C(N[C@H]1COc2ncccc2NC1=O)c1cc2sc(Br)cc2[nH]1. The summed E-state index contributed by atoms with van der Waals surface area (Å²) in [5.41, 5.74) is 10.2. The second-order valence-electron chi connectivity index (χ2n) is 30.3. The Morgan fingerprint density at radius 1 is 0.496 bits per heavy atom. The number of aromatic nitrogens is 7. The summed E-state index contributed by atoms with van der Waals surface area (Å²) in [6.07, 6.45) is 2.41. The molecule has 1 saturated heterocycles. The van der Waals surface area contributed by atoms with E-state index in [-0.39, 0.29) is 85.3 Å². The molecule has 133 heavy (non-hydrogen) atoms. The lowest BCUT2D eigenvalue weighted by Gasteiger charge is -2.32. The van der Waals surface area contributed by atoms with Crippen molar-refractivity contribution in [1.29, 1.82) is 0 Å². The normalized spacial score (nSPS) is 19.1. The Labute approximate surface area is 808 Å². The average Bonchev–Trinajstić information content (AvgIpc) is 1.74. The summed E-state index contributed by atoms with van der Waals surface area (Å²) in [7, 11) is 0. The number of likely N-dealkylation sites (tertiary alicyclic amines) is 1. The number of amides is 11. The summed E-state index contributed by atoms with van der Waals surface area (Å²) in [5, 5.41) is 49.0. The Hall–Kier alpha value is -12.5. The number of nitrogens with zero attached hydrogens (tertiary/aromatic N) is 3. The van der Waals surface area contributed by atoms with Crippen molar-refractivity contribution in [1.82, 2.24) is 71.7 Å². The van der Waals surface area contributed by atoms with Gasteiger partial charge in [0.15, 0.2) is 0 Å². The molecule has 19 N–H and O–H groups in total. The Morgan fingerprint density at radius 2 is 1.02 bits per heavy atom. The first-order valence-corrected chi connectivity index (χ1v) is 46.8. The number of pyridine rings is 2. The molecular weight excluding hydrogens is 2030 g/mol. The maximum absolute atomic E-state index is 13.2. The summed E-state index contributed by atoms with van der Waals surface area (Å²) in [6, 6.07) is 40.3. The Morgan fingerprint density at radius 3 is 1.64 bits per heavy atom. The molecular formula is C87H71Br2Cl5N18O17S4. The average molecular weight is 2110 g/mol. The van der Waals surface area contributed by atoms with Gasteiger partial charge in [-0.25, -0.2) is 4.98 Å². The molecule has 6 aliphatic heterocycles. The maximum Gasteiger partial charge on any atom is 0.287 e. The summed E-state index contributed by atoms with van der Waals surface area (Å²) in [5.74, 6) is -2.99. The number of thiophene rings is 4. The van der Waals surface area contributed by atoms with Gasteiger partial charge in [-0.15, -0.1) is 45.3 Å². The van der Waals surface area contributed by atoms with Crippen LogP contribution in [0.1, 0.15) is 94.4 Å². The van der Waals surface area contributed by atoms with Gasteiger partial charge < -0.3 is 113 Å². The molecule has 0 aliphatic carbocycles. The molecule has 1 unspecified atom stereocenters. The Kier molecular flexibility index (Phi) is 28.3. The molecule has 684 valence electrons. The number of carbonyl (C=O) groups excluding carboxylic acids is 11. The molecule has 4 aromatic carbocycles. The maximum atomic E-state index is 13.2. The number of halogens is 7. The van der Waals surface area contributed by atoms with Crippen molar-refractivity contribution in [2.75, 3.05) is 47.6 Å². The van der Waals surface area contributed by atoms with Crippen molar-refractivity contribution in [3.63, 3.8) is 0 Å². The number of para-hydroxylation sites is 3. The largest absolute Gasteiger partial charge is 0.489 e. The fraction of sp³-hybridized carbons (Fsp3) is 0.184. The lowest BCUT2D eigenvalue weighted by atomic mass is 9.84. The molecule has 1 fully saturated rings. The fourth-order valence-electron chi connectivity index (χ4n) is 15.2. The van der Waals surface area contributed by atoms with Gasteiger partial charge >= 0.3 is 0 Å². The third-order valence-electron chi connectivity index (χ3n) is 21.6. The Balaban J connectivity index is 0.000000122. The Bertz CT molecular complexity index is 6910. The fourth-order valence-corrected chi connectivity index (χ4v) is 21.4. The molecule has 0 radical (unpaired) electrons. The monoisotopic (exact) mass is 2100 g/mol. The van der Waals surface area contributed by atoms with Gasteiger partial charge in [-0.2, -0.15) is 0 Å². The number of aliphatic hydroxyl groups is 2. The number of anilines is 4. The van der Waals surface area contributed by atoms with E-state index in [2.05, 4.69) is 120 Å². The van der Waals surface area contributed by atoms with Crippen LogP contribution in [-0.4, -0.2) is 189 Å². The van der Waals surface area contributed by atoms with Crippen LogP contribution in [-0.2, 0) is 35.2 Å². The van der Waals surface area contributed by atoms with Gasteiger partial charge in [0, 0.05) is 65.5 Å². The predicted molar refractivity (Wildman–Crippen MR) is 513 cm³/mol. The van der Waals surface area contributed by atoms with Crippen molar-refractivity contribution < 1.29 is 82.6 Å². The zero-order valence-corrected chi connectivity index (χ0v) is 78.6. The van der Waals surface area contributed by atoms with Crippen molar-refractivity contribution in [3.05, 3.63) is 247 Å². The molecule has 17 heterocycles. The van der Waals surface area contributed by atoms with Crippen molar-refractivity contribution in [3.8, 4) is 17.4 Å². The number of rotatable bonds is 12. The molecule has 15 aromatic rings. The van der Waals surface area contributed by atoms with Gasteiger partial charge in [0.05, 0.1) is 82.6 Å². The van der Waals surface area contributed by atoms with E-state index < -0.39 is 78.2 Å². The molecule has 46 heteroatoms. The van der Waals surface area contributed by atoms with Crippen LogP contribution in [0.2, 0.25) is 23.7 Å². The summed E-state index contributed by atoms with van der Waals surface area (Å²) in [4.78, 5) is 163. The van der Waals surface area contributed by atoms with Gasteiger partial charge in [-0.05, 0) is 146 Å². The minimum absolute atomic E-state index is 0. The highest BCUT2D eigenvalue weighted by Crippen LogP contribution is 2.43. The molecule has 0 spiro atoms. The van der Waals surface area contributed by atoms with Crippen molar-refractivity contribution >= 4 is 275 Å². The lowest BCUT2D eigenvalue weighted by Crippen LogP contribution is -2.50. The summed E-state index contributed by atoms with van der Waals surface area (Å²) >= 11 is 42.6. The zero-order valence-electron chi connectivity index (χ0n) is 68.3. The topological polar surface area (TPSA) is 516 Å². The molecule has 11 amide bonds. The van der Waals surface area contributed by atoms with E-state index in [9.17, 15) is 63.0 Å². The van der Waals surface area contributed by atoms with E-state index in [1.165, 1.54) is 56.4 Å². The number of hydrogen-bond acceptors (Lipinski definition) is 22. The summed E-state index contributed by atoms with van der Waals surface area (Å²) in [6.45, 7) is 2.03. The van der Waals surface area contributed by atoms with Crippen LogP contribution in [0.25, 0.3) is 51.8 Å². The van der Waals surface area contributed by atoms with Crippen LogP contribution >= 0.6 is 135 Å². The molecule has 6 aliphatic rings. The zero-order chi connectivity index (χ0) is 92.6. The van der Waals surface area contributed by atoms with Crippen molar-refractivity contribution in [2.45, 2.75) is 74.3 Å². The van der Waals surface area contributed by atoms with Gasteiger partial charge in [0.1, 0.15) is 103 Å². The minimum Gasteiger partial charge on any atom is -0.489 e. The number of fused-ring (bicyclic) bond motifs is 10. The van der Waals surface area contributed by atoms with Gasteiger partial charge in [-0.3, -0.25) is 57.7 Å². The molecule has 0 bridgehead atoms. The summed E-state index contributed by atoms with van der Waals surface area (Å²) < 4.78 is 22.9. The highest BCUT2D eigenvalue weighted by molar-refractivity contribution is 9.11. The van der Waals surface area contributed by atoms with Crippen LogP contribution in [0.3, 0.4) is 0 Å². The number of nitrogens with one attached hydrogen (secondary N) is 15. The highest BCUT2D eigenvalue weighted by Gasteiger charge is 2.42. The van der Waals surface area contributed by atoms with Crippen molar-refractivity contribution in [2.24, 2.45) is 0 Å². The predicted octanol–water partition coefficient (Wildman–Crippen LogP) is 13.5. The van der Waals surface area contributed by atoms with Crippen LogP contribution in [0, 0.1) is 0 Å². The van der Waals surface area contributed by atoms with Crippen LogP contribution in [0.15, 0.2) is 178 Å². The second kappa shape index (κ2) is 40.2. The standard InChI is InChI=1S/C22H20Cl2N4O5S.C18H15Cl2N3O2S.C17H12ClN3O3.2C15H11BrN4O3S.H2O/c23-16-18-15(34-19(16)24)6-12(25-18)20(31)26-11-5-9-3-1-2-4-10(9)17(27-21(11)32)22(33)28-7-13(29)14(30)8-28;1-2-8-9-5-3-4-6-10(9)22-18(25)14(8)23-17(24)11-7-12-15(21-11)13(19)16(20)26-12;18-10-5-6-11-9(7-10)8-13(19-11)15(22)21-17-16(23)20-12-3-1-2-4-14(12)24-17;16-13-4-7-12(24-13)3-8(18-7)14(21)20-10-6-23-11-1-2-17-5-9(11)19-15(10)22;16-12-5-8-11(24-12)4-9(18-8)13(21)20-10-6-23-15-7(19-14(10)22)2-1-3-17-15;/h1-4,6,11,13-14,17,25,29-30H,5,7-8H2,(H,26,31)(H,27,32);3-8,14,21H,2H2,1H3,(H,22,25)(H,23,24);1-8,17,19H,(H,20,23)(H,21,22);2*1-5,10,18H,6H2,(H,19,22)(H,20,21);1H2/t11-,13-,14+,17+;8-,14+;;2*10-;/m10.00./s1. The number of aliphatic hydroxyl groups excluding tert-OH is 2. The van der Waals surface area contributed by atoms with E-state index in [1.54, 1.807) is 128 Å². The van der Waals surface area contributed by atoms with Crippen LogP contribution in [0.5, 0.6) is 17.4 Å². The quantitative estimate of drug-likeness (QED) is 0.0540.